The molecule has 0 atom stereocenters. The van der Waals surface area contributed by atoms with Crippen molar-refractivity contribution in [3.63, 3.8) is 0 Å². The molecule has 0 radical (unpaired) electrons. The highest BCUT2D eigenvalue weighted by Crippen LogP contribution is 2.42. The van der Waals surface area contributed by atoms with E-state index in [1.165, 1.54) is 0 Å². The topological polar surface area (TPSA) is 21.3 Å². The normalized spacial score (nSPS) is 21.9. The summed E-state index contributed by atoms with van der Waals surface area (Å²) < 4.78 is 65.4. The molecule has 0 aromatic heterocycles. The van der Waals surface area contributed by atoms with E-state index >= 15 is 0 Å². The lowest BCUT2D eigenvalue weighted by atomic mass is 9.89. The van der Waals surface area contributed by atoms with Gasteiger partial charge in [0.15, 0.2) is 0 Å². The second-order valence-electron chi connectivity index (χ2n) is 3.37. The SMILES string of the molecule is COC1(CC(F)(F)C(F)(F)F)CNC1. The van der Waals surface area contributed by atoms with Gasteiger partial charge in [-0.2, -0.15) is 22.0 Å². The summed E-state index contributed by atoms with van der Waals surface area (Å²) in [7, 11) is 1.13. The minimum Gasteiger partial charge on any atom is -0.375 e. The molecule has 7 heteroatoms. The minimum absolute atomic E-state index is 0.0230. The highest BCUT2D eigenvalue weighted by molar-refractivity contribution is 4.99. The average Bonchev–Trinajstić information content (AvgIpc) is 1.94. The van der Waals surface area contributed by atoms with Crippen molar-refractivity contribution in [2.24, 2.45) is 0 Å². The van der Waals surface area contributed by atoms with Crippen LogP contribution < -0.4 is 5.32 Å². The summed E-state index contributed by atoms with van der Waals surface area (Å²) >= 11 is 0. The van der Waals surface area contributed by atoms with E-state index in [1.807, 2.05) is 0 Å². The third-order valence-corrected chi connectivity index (χ3v) is 2.29. The maximum Gasteiger partial charge on any atom is 0.453 e. The largest absolute Gasteiger partial charge is 0.453 e. The molecule has 0 aromatic carbocycles. The van der Waals surface area contributed by atoms with Gasteiger partial charge in [-0.25, -0.2) is 0 Å². The van der Waals surface area contributed by atoms with E-state index in [1.54, 1.807) is 0 Å². The van der Waals surface area contributed by atoms with Crippen LogP contribution in [-0.2, 0) is 4.74 Å². The molecule has 0 aromatic rings. The fourth-order valence-corrected chi connectivity index (χ4v) is 1.25. The van der Waals surface area contributed by atoms with E-state index in [0.717, 1.165) is 7.11 Å². The molecule has 1 aliphatic heterocycles. The third kappa shape index (κ3) is 1.98. The molecule has 0 saturated carbocycles. The first-order chi connectivity index (χ1) is 6.22. The summed E-state index contributed by atoms with van der Waals surface area (Å²) in [4.78, 5) is 0. The number of alkyl halides is 5. The molecule has 14 heavy (non-hydrogen) atoms. The van der Waals surface area contributed by atoms with E-state index < -0.39 is 24.1 Å². The van der Waals surface area contributed by atoms with Crippen LogP contribution in [0.4, 0.5) is 22.0 Å². The quantitative estimate of drug-likeness (QED) is 0.727. The minimum atomic E-state index is -5.51. The molecular weight excluding hydrogens is 209 g/mol. The second kappa shape index (κ2) is 3.30. The summed E-state index contributed by atoms with van der Waals surface area (Å²) in [6, 6.07) is 0. The van der Waals surface area contributed by atoms with Crippen molar-refractivity contribution in [3.8, 4) is 0 Å². The second-order valence-corrected chi connectivity index (χ2v) is 3.37. The Bertz CT molecular complexity index is 205. The Hall–Kier alpha value is -0.430. The van der Waals surface area contributed by atoms with Gasteiger partial charge in [0.25, 0.3) is 0 Å². The Balaban J connectivity index is 2.66. The van der Waals surface area contributed by atoms with E-state index in [0.29, 0.717) is 0 Å². The van der Waals surface area contributed by atoms with Crippen LogP contribution in [0.15, 0.2) is 0 Å². The van der Waals surface area contributed by atoms with Crippen LogP contribution in [0.1, 0.15) is 6.42 Å². The van der Waals surface area contributed by atoms with E-state index in [-0.39, 0.29) is 13.1 Å². The van der Waals surface area contributed by atoms with Gasteiger partial charge in [0.05, 0.1) is 12.0 Å². The molecule has 84 valence electrons. The van der Waals surface area contributed by atoms with Gasteiger partial charge >= 0.3 is 12.1 Å². The number of hydrogen-bond acceptors (Lipinski definition) is 2. The molecule has 0 bridgehead atoms. The van der Waals surface area contributed by atoms with Crippen LogP contribution in [0.5, 0.6) is 0 Å². The van der Waals surface area contributed by atoms with Gasteiger partial charge in [-0.15, -0.1) is 0 Å². The summed E-state index contributed by atoms with van der Waals surface area (Å²) in [5.74, 6) is -4.69. The van der Waals surface area contributed by atoms with Gasteiger partial charge in [-0.3, -0.25) is 0 Å². The first kappa shape index (κ1) is 11.6. The number of methoxy groups -OCH3 is 1. The van der Waals surface area contributed by atoms with Crippen LogP contribution in [0, 0.1) is 0 Å². The predicted octanol–water partition coefficient (Wildman–Crippen LogP) is 1.56. The van der Waals surface area contributed by atoms with Crippen LogP contribution in [0.3, 0.4) is 0 Å². The Morgan fingerprint density at radius 3 is 1.93 bits per heavy atom. The molecule has 1 saturated heterocycles. The highest BCUT2D eigenvalue weighted by Gasteiger charge is 2.61. The highest BCUT2D eigenvalue weighted by atomic mass is 19.4. The molecule has 1 aliphatic rings. The number of nitrogens with one attached hydrogen (secondary N) is 1. The molecular formula is C7H10F5NO. The first-order valence-electron chi connectivity index (χ1n) is 3.93. The van der Waals surface area contributed by atoms with Crippen molar-refractivity contribution in [1.82, 2.24) is 5.32 Å². The predicted molar refractivity (Wildman–Crippen MR) is 38.2 cm³/mol. The molecule has 1 fully saturated rings. The zero-order chi connectivity index (χ0) is 11.0. The zero-order valence-corrected chi connectivity index (χ0v) is 7.42. The van der Waals surface area contributed by atoms with Gasteiger partial charge in [0.1, 0.15) is 0 Å². The Labute approximate surface area is 77.4 Å². The molecule has 0 amide bonds. The van der Waals surface area contributed by atoms with E-state index in [2.05, 4.69) is 10.1 Å². The monoisotopic (exact) mass is 219 g/mol. The third-order valence-electron chi connectivity index (χ3n) is 2.29. The lowest BCUT2D eigenvalue weighted by molar-refractivity contribution is -0.300. The molecule has 2 nitrogen and oxygen atoms in total. The first-order valence-corrected chi connectivity index (χ1v) is 3.93. The smallest absolute Gasteiger partial charge is 0.375 e. The van der Waals surface area contributed by atoms with Gasteiger partial charge < -0.3 is 10.1 Å². The summed E-state index contributed by atoms with van der Waals surface area (Å²) in [6.07, 6.45) is -6.83. The maximum absolute atomic E-state index is 12.6. The maximum atomic E-state index is 12.6. The van der Waals surface area contributed by atoms with Crippen molar-refractivity contribution >= 4 is 0 Å². The molecule has 0 spiro atoms. The Kier molecular flexibility index (Phi) is 2.75. The van der Waals surface area contributed by atoms with Crippen LogP contribution in [0.2, 0.25) is 0 Å². The zero-order valence-electron chi connectivity index (χ0n) is 7.42. The van der Waals surface area contributed by atoms with Crippen molar-refractivity contribution in [2.45, 2.75) is 24.1 Å². The van der Waals surface area contributed by atoms with E-state index in [9.17, 15) is 22.0 Å². The number of halogens is 5. The molecule has 1 rings (SSSR count). The van der Waals surface area contributed by atoms with Gasteiger partial charge in [-0.05, 0) is 0 Å². The van der Waals surface area contributed by atoms with Gasteiger partial charge in [-0.1, -0.05) is 0 Å². The molecule has 1 heterocycles. The van der Waals surface area contributed by atoms with Crippen molar-refractivity contribution in [3.05, 3.63) is 0 Å². The number of rotatable bonds is 3. The van der Waals surface area contributed by atoms with Gasteiger partial charge in [0.2, 0.25) is 0 Å². The van der Waals surface area contributed by atoms with Crippen LogP contribution >= 0.6 is 0 Å². The number of ether oxygens (including phenoxy) is 1. The van der Waals surface area contributed by atoms with Crippen molar-refractivity contribution in [2.75, 3.05) is 20.2 Å². The molecule has 0 aliphatic carbocycles. The number of hydrogen-bond donors (Lipinski definition) is 1. The van der Waals surface area contributed by atoms with Crippen molar-refractivity contribution in [1.29, 1.82) is 0 Å². The fourth-order valence-electron chi connectivity index (χ4n) is 1.25. The lowest BCUT2D eigenvalue weighted by Gasteiger charge is -2.43. The standard InChI is InChI=1S/C7H10F5NO/c1-14-5(3-13-4-5)2-6(8,9)7(10,11)12/h13H,2-4H2,1H3. The molecule has 0 unspecified atom stereocenters. The average molecular weight is 219 g/mol. The Morgan fingerprint density at radius 2 is 1.71 bits per heavy atom. The van der Waals surface area contributed by atoms with Crippen LogP contribution in [0.25, 0.3) is 0 Å². The summed E-state index contributed by atoms with van der Waals surface area (Å²) in [6.45, 7) is 0.0460. The van der Waals surface area contributed by atoms with Crippen molar-refractivity contribution < 1.29 is 26.7 Å². The fraction of sp³-hybridized carbons (Fsp3) is 1.00. The van der Waals surface area contributed by atoms with Crippen LogP contribution in [-0.4, -0.2) is 37.9 Å². The summed E-state index contributed by atoms with van der Waals surface area (Å²) in [5.41, 5.74) is -1.38. The van der Waals surface area contributed by atoms with E-state index in [4.69, 9.17) is 0 Å². The summed E-state index contributed by atoms with van der Waals surface area (Å²) in [5, 5.41) is 2.60. The lowest BCUT2D eigenvalue weighted by Crippen LogP contribution is -2.64. The van der Waals surface area contributed by atoms with Gasteiger partial charge in [0, 0.05) is 20.2 Å². The molecule has 1 N–H and O–H groups in total. The Morgan fingerprint density at radius 1 is 1.21 bits per heavy atom.